The van der Waals surface area contributed by atoms with Gasteiger partial charge in [-0.15, -0.1) is 0 Å². The second-order valence-corrected chi connectivity index (χ2v) is 4.46. The molecule has 0 saturated carbocycles. The zero-order valence-corrected chi connectivity index (χ0v) is 8.37. The molecule has 0 radical (unpaired) electrons. The lowest BCUT2D eigenvalue weighted by Crippen LogP contribution is -2.12. The molecule has 0 fully saturated rings. The number of aryl methyl sites for hydroxylation is 1. The van der Waals surface area contributed by atoms with Crippen LogP contribution in [-0.2, 0) is 17.3 Å². The van der Waals surface area contributed by atoms with Crippen LogP contribution in [0.1, 0.15) is 6.42 Å². The van der Waals surface area contributed by atoms with Crippen molar-refractivity contribution in [2.24, 2.45) is 5.73 Å². The standard InChI is InChI=1S/C8H15N3OS/c9-3-1-7-13(12)8-6-11-5-2-4-10-11/h2,4-5H,1,3,6-9H2. The van der Waals surface area contributed by atoms with Crippen LogP contribution in [0.3, 0.4) is 0 Å². The maximum atomic E-state index is 11.3. The van der Waals surface area contributed by atoms with Crippen molar-refractivity contribution in [1.82, 2.24) is 9.78 Å². The van der Waals surface area contributed by atoms with Gasteiger partial charge in [0.05, 0.1) is 6.54 Å². The van der Waals surface area contributed by atoms with Crippen LogP contribution in [0.15, 0.2) is 18.5 Å². The van der Waals surface area contributed by atoms with Gasteiger partial charge < -0.3 is 5.73 Å². The van der Waals surface area contributed by atoms with E-state index >= 15 is 0 Å². The molecule has 1 unspecified atom stereocenters. The van der Waals surface area contributed by atoms with E-state index in [0.29, 0.717) is 18.1 Å². The summed E-state index contributed by atoms with van der Waals surface area (Å²) in [6, 6.07) is 1.86. The third-order valence-electron chi connectivity index (χ3n) is 1.68. The third-order valence-corrected chi connectivity index (χ3v) is 3.07. The van der Waals surface area contributed by atoms with Crippen LogP contribution in [0.25, 0.3) is 0 Å². The molecule has 1 atom stereocenters. The summed E-state index contributed by atoms with van der Waals surface area (Å²) in [5, 5.41) is 4.03. The summed E-state index contributed by atoms with van der Waals surface area (Å²) in [7, 11) is -0.745. The van der Waals surface area contributed by atoms with Gasteiger partial charge in [-0.05, 0) is 19.0 Å². The van der Waals surface area contributed by atoms with E-state index in [1.165, 1.54) is 0 Å². The van der Waals surface area contributed by atoms with Crippen LogP contribution in [0.5, 0.6) is 0 Å². The first kappa shape index (κ1) is 10.4. The largest absolute Gasteiger partial charge is 0.330 e. The average molecular weight is 201 g/mol. The van der Waals surface area contributed by atoms with Gasteiger partial charge in [-0.25, -0.2) is 0 Å². The van der Waals surface area contributed by atoms with E-state index in [1.54, 1.807) is 10.9 Å². The number of rotatable bonds is 6. The fourth-order valence-electron chi connectivity index (χ4n) is 0.974. The zero-order chi connectivity index (χ0) is 9.52. The Labute approximate surface area is 80.6 Å². The quantitative estimate of drug-likeness (QED) is 0.703. The predicted molar refractivity (Wildman–Crippen MR) is 53.8 cm³/mol. The first-order valence-corrected chi connectivity index (χ1v) is 5.84. The predicted octanol–water partition coefficient (Wildman–Crippen LogP) is -0.0194. The number of nitrogens with zero attached hydrogens (tertiary/aromatic N) is 2. The molecule has 13 heavy (non-hydrogen) atoms. The van der Waals surface area contributed by atoms with Crippen molar-refractivity contribution < 1.29 is 4.21 Å². The Morgan fingerprint density at radius 2 is 2.31 bits per heavy atom. The van der Waals surface area contributed by atoms with Gasteiger partial charge in [0, 0.05) is 34.7 Å². The van der Waals surface area contributed by atoms with Gasteiger partial charge >= 0.3 is 0 Å². The van der Waals surface area contributed by atoms with Crippen molar-refractivity contribution in [3.05, 3.63) is 18.5 Å². The molecule has 0 spiro atoms. The molecular formula is C8H15N3OS. The lowest BCUT2D eigenvalue weighted by molar-refractivity contribution is 0.643. The van der Waals surface area contributed by atoms with Crippen LogP contribution >= 0.6 is 0 Å². The topological polar surface area (TPSA) is 60.9 Å². The van der Waals surface area contributed by atoms with Gasteiger partial charge in [0.1, 0.15) is 0 Å². The van der Waals surface area contributed by atoms with Crippen molar-refractivity contribution >= 4 is 10.8 Å². The van der Waals surface area contributed by atoms with Gasteiger partial charge in [0.15, 0.2) is 0 Å². The minimum atomic E-state index is -0.745. The van der Waals surface area contributed by atoms with Crippen molar-refractivity contribution in [3.63, 3.8) is 0 Å². The summed E-state index contributed by atoms with van der Waals surface area (Å²) >= 11 is 0. The second-order valence-electron chi connectivity index (χ2n) is 2.76. The summed E-state index contributed by atoms with van der Waals surface area (Å²) in [6.07, 6.45) is 4.44. The van der Waals surface area contributed by atoms with Crippen molar-refractivity contribution in [1.29, 1.82) is 0 Å². The zero-order valence-electron chi connectivity index (χ0n) is 7.56. The highest BCUT2D eigenvalue weighted by atomic mass is 32.2. The van der Waals surface area contributed by atoms with Gasteiger partial charge in [-0.3, -0.25) is 8.89 Å². The third kappa shape index (κ3) is 4.19. The molecule has 0 saturated heterocycles. The van der Waals surface area contributed by atoms with Gasteiger partial charge in [0.2, 0.25) is 0 Å². The summed E-state index contributed by atoms with van der Waals surface area (Å²) < 4.78 is 13.1. The molecule has 4 nitrogen and oxygen atoms in total. The van der Waals surface area contributed by atoms with E-state index < -0.39 is 10.8 Å². The van der Waals surface area contributed by atoms with Gasteiger partial charge in [0.25, 0.3) is 0 Å². The first-order chi connectivity index (χ1) is 6.33. The average Bonchev–Trinajstić information content (AvgIpc) is 2.64. The molecule has 2 N–H and O–H groups in total. The minimum Gasteiger partial charge on any atom is -0.330 e. The molecule has 0 aromatic carbocycles. The van der Waals surface area contributed by atoms with Crippen molar-refractivity contribution in [2.45, 2.75) is 13.0 Å². The first-order valence-electron chi connectivity index (χ1n) is 4.35. The van der Waals surface area contributed by atoms with Gasteiger partial charge in [-0.1, -0.05) is 0 Å². The highest BCUT2D eigenvalue weighted by Gasteiger charge is 1.99. The Bertz CT molecular complexity index is 248. The molecule has 0 bridgehead atoms. The van der Waals surface area contributed by atoms with E-state index in [4.69, 9.17) is 5.73 Å². The molecule has 1 aromatic heterocycles. The Morgan fingerprint density at radius 3 is 2.92 bits per heavy atom. The molecule has 0 aliphatic rings. The fourth-order valence-corrected chi connectivity index (χ4v) is 2.06. The van der Waals surface area contributed by atoms with E-state index in [0.717, 1.165) is 13.0 Å². The summed E-state index contributed by atoms with van der Waals surface area (Å²) in [5.74, 6) is 1.37. The smallest absolute Gasteiger partial charge is 0.0524 e. The SMILES string of the molecule is NCCCS(=O)CCn1cccn1. The van der Waals surface area contributed by atoms with E-state index in [9.17, 15) is 4.21 Å². The maximum absolute atomic E-state index is 11.3. The molecule has 5 heteroatoms. The fraction of sp³-hybridized carbons (Fsp3) is 0.625. The molecule has 0 aliphatic heterocycles. The maximum Gasteiger partial charge on any atom is 0.0524 e. The van der Waals surface area contributed by atoms with Crippen LogP contribution < -0.4 is 5.73 Å². The summed E-state index contributed by atoms with van der Waals surface area (Å²) in [5.41, 5.74) is 5.32. The summed E-state index contributed by atoms with van der Waals surface area (Å²) in [6.45, 7) is 1.34. The monoisotopic (exact) mass is 201 g/mol. The normalized spacial score (nSPS) is 13.0. The lowest BCUT2D eigenvalue weighted by Gasteiger charge is -2.01. The molecule has 1 aromatic rings. The van der Waals surface area contributed by atoms with Crippen LogP contribution in [0.2, 0.25) is 0 Å². The molecule has 1 rings (SSSR count). The van der Waals surface area contributed by atoms with Crippen LogP contribution in [0, 0.1) is 0 Å². The van der Waals surface area contributed by atoms with Crippen LogP contribution in [0.4, 0.5) is 0 Å². The number of nitrogens with two attached hydrogens (primary N) is 1. The molecule has 0 amide bonds. The van der Waals surface area contributed by atoms with Crippen molar-refractivity contribution in [2.75, 3.05) is 18.1 Å². The molecule has 0 aliphatic carbocycles. The van der Waals surface area contributed by atoms with Crippen molar-refractivity contribution in [3.8, 4) is 0 Å². The Balaban J connectivity index is 2.15. The van der Waals surface area contributed by atoms with E-state index in [1.807, 2.05) is 12.3 Å². The lowest BCUT2D eigenvalue weighted by atomic mass is 10.5. The molecular weight excluding hydrogens is 186 g/mol. The van der Waals surface area contributed by atoms with E-state index in [2.05, 4.69) is 5.10 Å². The summed E-state index contributed by atoms with van der Waals surface area (Å²) in [4.78, 5) is 0. The second kappa shape index (κ2) is 5.88. The number of hydrogen-bond donors (Lipinski definition) is 1. The number of hydrogen-bond acceptors (Lipinski definition) is 3. The highest BCUT2D eigenvalue weighted by Crippen LogP contribution is 1.90. The number of aromatic nitrogens is 2. The Kier molecular flexibility index (Phi) is 4.70. The molecule has 74 valence electrons. The minimum absolute atomic E-state index is 0.619. The van der Waals surface area contributed by atoms with E-state index in [-0.39, 0.29) is 0 Å². The van der Waals surface area contributed by atoms with Gasteiger partial charge in [-0.2, -0.15) is 5.10 Å². The Hall–Kier alpha value is -0.680. The highest BCUT2D eigenvalue weighted by molar-refractivity contribution is 7.84. The Morgan fingerprint density at radius 1 is 1.46 bits per heavy atom. The van der Waals surface area contributed by atoms with Crippen LogP contribution in [-0.4, -0.2) is 32.0 Å². The molecule has 1 heterocycles.